The molecule has 106 valence electrons. The zero-order valence-corrected chi connectivity index (χ0v) is 12.9. The summed E-state index contributed by atoms with van der Waals surface area (Å²) in [6, 6.07) is 0. The van der Waals surface area contributed by atoms with Gasteiger partial charge in [-0.3, -0.25) is 9.80 Å². The van der Waals surface area contributed by atoms with Crippen LogP contribution in [0.15, 0.2) is 23.4 Å². The Kier molecular flexibility index (Phi) is 3.25. The van der Waals surface area contributed by atoms with Crippen molar-refractivity contribution in [2.45, 2.75) is 52.6 Å². The van der Waals surface area contributed by atoms with Crippen LogP contribution in [0.2, 0.25) is 0 Å². The Balaban J connectivity index is 2.42. The lowest BCUT2D eigenvalue weighted by atomic mass is 10.0. The van der Waals surface area contributed by atoms with E-state index in [1.807, 2.05) is 9.91 Å². The van der Waals surface area contributed by atoms with Crippen molar-refractivity contribution in [1.29, 1.82) is 0 Å². The van der Waals surface area contributed by atoms with Crippen molar-refractivity contribution in [1.82, 2.24) is 15.3 Å². The third-order valence-electron chi connectivity index (χ3n) is 3.49. The smallest absolute Gasteiger partial charge is 0.272 e. The maximum absolute atomic E-state index is 12.9. The zero-order valence-electron chi connectivity index (χ0n) is 12.9. The van der Waals surface area contributed by atoms with Crippen molar-refractivity contribution < 1.29 is 4.79 Å². The minimum Gasteiger partial charge on any atom is -0.329 e. The fraction of sp³-hybridized carbons (Fsp3) is 0.667. The molecule has 0 fully saturated rings. The highest BCUT2D eigenvalue weighted by Gasteiger charge is 2.39. The summed E-state index contributed by atoms with van der Waals surface area (Å²) in [7, 11) is 0. The topological polar surface area (TPSA) is 35.6 Å². The fourth-order valence-electron chi connectivity index (χ4n) is 2.50. The van der Waals surface area contributed by atoms with Crippen LogP contribution in [0.4, 0.5) is 0 Å². The molecule has 2 aliphatic heterocycles. The molecule has 0 radical (unpaired) electrons. The van der Waals surface area contributed by atoms with Crippen LogP contribution in [0.1, 0.15) is 41.5 Å². The van der Waals surface area contributed by atoms with Gasteiger partial charge in [0, 0.05) is 24.2 Å². The van der Waals surface area contributed by atoms with Crippen molar-refractivity contribution in [2.24, 2.45) is 0 Å². The molecule has 0 bridgehead atoms. The molecule has 2 heterocycles. The number of hydrogen-bond acceptors (Lipinski definition) is 3. The van der Waals surface area contributed by atoms with Gasteiger partial charge in [-0.2, -0.15) is 0 Å². The monoisotopic (exact) mass is 263 g/mol. The van der Waals surface area contributed by atoms with E-state index in [1.165, 1.54) is 0 Å². The van der Waals surface area contributed by atoms with Crippen LogP contribution in [0.3, 0.4) is 0 Å². The number of nitrogens with one attached hydrogen (secondary N) is 1. The SMILES string of the molecule is CC(C)(C)N1CC=CC2=C(C1=O)N(C(C)(C)C)NC2. The summed E-state index contributed by atoms with van der Waals surface area (Å²) in [5, 5.41) is 2.01. The van der Waals surface area contributed by atoms with E-state index in [4.69, 9.17) is 0 Å². The van der Waals surface area contributed by atoms with Gasteiger partial charge in [-0.1, -0.05) is 12.2 Å². The normalized spacial score (nSPS) is 21.1. The molecule has 0 aliphatic carbocycles. The Hall–Kier alpha value is -1.29. The molecule has 2 aliphatic rings. The van der Waals surface area contributed by atoms with Gasteiger partial charge in [0.15, 0.2) is 0 Å². The van der Waals surface area contributed by atoms with E-state index in [1.54, 1.807) is 0 Å². The van der Waals surface area contributed by atoms with E-state index in [0.717, 1.165) is 17.8 Å². The van der Waals surface area contributed by atoms with E-state index in [2.05, 4.69) is 59.1 Å². The highest BCUT2D eigenvalue weighted by Crippen LogP contribution is 2.30. The van der Waals surface area contributed by atoms with Crippen LogP contribution in [0, 0.1) is 0 Å². The largest absolute Gasteiger partial charge is 0.329 e. The molecule has 0 aromatic carbocycles. The third-order valence-corrected chi connectivity index (χ3v) is 3.49. The van der Waals surface area contributed by atoms with Crippen molar-refractivity contribution in [3.8, 4) is 0 Å². The molecule has 2 rings (SSSR count). The Morgan fingerprint density at radius 2 is 1.74 bits per heavy atom. The maximum Gasteiger partial charge on any atom is 0.272 e. The van der Waals surface area contributed by atoms with Gasteiger partial charge in [-0.15, -0.1) is 0 Å². The summed E-state index contributed by atoms with van der Waals surface area (Å²) in [5.41, 5.74) is 4.93. The quantitative estimate of drug-likeness (QED) is 0.726. The first-order valence-electron chi connectivity index (χ1n) is 6.88. The second-order valence-corrected chi connectivity index (χ2v) is 7.20. The highest BCUT2D eigenvalue weighted by molar-refractivity contribution is 5.95. The van der Waals surface area contributed by atoms with Crippen molar-refractivity contribution in [3.63, 3.8) is 0 Å². The number of nitrogens with zero attached hydrogens (tertiary/aromatic N) is 2. The van der Waals surface area contributed by atoms with Crippen LogP contribution >= 0.6 is 0 Å². The Morgan fingerprint density at radius 1 is 1.11 bits per heavy atom. The average Bonchev–Trinajstić information content (AvgIpc) is 2.58. The van der Waals surface area contributed by atoms with E-state index in [-0.39, 0.29) is 17.0 Å². The highest BCUT2D eigenvalue weighted by atomic mass is 16.2. The summed E-state index contributed by atoms with van der Waals surface area (Å²) in [5.74, 6) is 0.118. The summed E-state index contributed by atoms with van der Waals surface area (Å²) in [4.78, 5) is 14.8. The predicted octanol–water partition coefficient (Wildman–Crippen LogP) is 2.06. The van der Waals surface area contributed by atoms with Crippen LogP contribution in [-0.4, -0.2) is 40.0 Å². The Labute approximate surface area is 116 Å². The molecule has 0 aromatic heterocycles. The summed E-state index contributed by atoms with van der Waals surface area (Å²) in [6.07, 6.45) is 4.16. The number of rotatable bonds is 0. The molecule has 1 N–H and O–H groups in total. The first-order chi connectivity index (χ1) is 8.62. The number of hydrazine groups is 1. The van der Waals surface area contributed by atoms with Crippen LogP contribution in [-0.2, 0) is 4.79 Å². The third kappa shape index (κ3) is 2.54. The average molecular weight is 263 g/mol. The van der Waals surface area contributed by atoms with Gasteiger partial charge in [0.25, 0.3) is 5.91 Å². The van der Waals surface area contributed by atoms with E-state index in [0.29, 0.717) is 6.54 Å². The van der Waals surface area contributed by atoms with Crippen molar-refractivity contribution >= 4 is 5.91 Å². The van der Waals surface area contributed by atoms with Gasteiger partial charge in [0.1, 0.15) is 5.70 Å². The zero-order chi connectivity index (χ0) is 14.4. The molecule has 0 saturated carbocycles. The molecule has 0 saturated heterocycles. The summed E-state index contributed by atoms with van der Waals surface area (Å²) in [6.45, 7) is 14.0. The Bertz CT molecular complexity index is 449. The van der Waals surface area contributed by atoms with E-state index in [9.17, 15) is 4.79 Å². The van der Waals surface area contributed by atoms with Crippen molar-refractivity contribution in [2.75, 3.05) is 13.1 Å². The predicted molar refractivity (Wildman–Crippen MR) is 77.2 cm³/mol. The maximum atomic E-state index is 12.9. The fourth-order valence-corrected chi connectivity index (χ4v) is 2.50. The minimum absolute atomic E-state index is 0.117. The number of carbonyl (C=O) groups excluding carboxylic acids is 1. The molecule has 19 heavy (non-hydrogen) atoms. The minimum atomic E-state index is -0.171. The molecule has 1 amide bonds. The second-order valence-electron chi connectivity index (χ2n) is 7.20. The molecule has 4 heteroatoms. The van der Waals surface area contributed by atoms with Gasteiger partial charge in [0.05, 0.1) is 0 Å². The van der Waals surface area contributed by atoms with Gasteiger partial charge < -0.3 is 4.90 Å². The lowest BCUT2D eigenvalue weighted by molar-refractivity contribution is -0.133. The molecular formula is C15H25N3O. The standard InChI is InChI=1S/C15H25N3O/c1-14(2,3)17-9-7-8-11-10-16-18(15(4,5)6)12(11)13(17)19/h7-8,16H,9-10H2,1-6H3. The Morgan fingerprint density at radius 3 is 2.26 bits per heavy atom. The van der Waals surface area contributed by atoms with Gasteiger partial charge >= 0.3 is 0 Å². The van der Waals surface area contributed by atoms with E-state index < -0.39 is 0 Å². The molecular weight excluding hydrogens is 238 g/mol. The summed E-state index contributed by atoms with van der Waals surface area (Å²) >= 11 is 0. The van der Waals surface area contributed by atoms with E-state index >= 15 is 0 Å². The van der Waals surface area contributed by atoms with Crippen LogP contribution in [0.25, 0.3) is 0 Å². The lowest BCUT2D eigenvalue weighted by Gasteiger charge is -2.40. The molecule has 0 spiro atoms. The van der Waals surface area contributed by atoms with Crippen LogP contribution < -0.4 is 5.43 Å². The molecule has 4 nitrogen and oxygen atoms in total. The first-order valence-corrected chi connectivity index (χ1v) is 6.88. The molecule has 0 atom stereocenters. The number of hydrogen-bond donors (Lipinski definition) is 1. The van der Waals surface area contributed by atoms with Crippen LogP contribution in [0.5, 0.6) is 0 Å². The summed E-state index contributed by atoms with van der Waals surface area (Å²) < 4.78 is 0. The van der Waals surface area contributed by atoms with Gasteiger partial charge in [-0.25, -0.2) is 5.43 Å². The second kappa shape index (κ2) is 4.37. The van der Waals surface area contributed by atoms with Crippen molar-refractivity contribution in [3.05, 3.63) is 23.4 Å². The molecule has 0 unspecified atom stereocenters. The lowest BCUT2D eigenvalue weighted by Crippen LogP contribution is -2.53. The van der Waals surface area contributed by atoms with Gasteiger partial charge in [0.2, 0.25) is 0 Å². The van der Waals surface area contributed by atoms with Gasteiger partial charge in [-0.05, 0) is 47.1 Å². The number of amides is 1. The number of carbonyl (C=O) groups is 1. The molecule has 0 aromatic rings. The first kappa shape index (κ1) is 14.1.